The van der Waals surface area contributed by atoms with Gasteiger partial charge < -0.3 is 20.4 Å². The first kappa shape index (κ1) is 17.1. The average molecular weight is 367 g/mol. The highest BCUT2D eigenvalue weighted by atomic mass is 19.1. The van der Waals surface area contributed by atoms with Gasteiger partial charge in [0.2, 0.25) is 5.91 Å². The lowest BCUT2D eigenvalue weighted by Gasteiger charge is -2.23. The van der Waals surface area contributed by atoms with Crippen LogP contribution in [-0.2, 0) is 16.0 Å². The number of hydrogen-bond acceptors (Lipinski definition) is 3. The molecule has 0 spiro atoms. The van der Waals surface area contributed by atoms with Crippen LogP contribution in [0.2, 0.25) is 0 Å². The molecule has 0 aliphatic carbocycles. The minimum Gasteiger partial charge on any atom is -0.479 e. The molecule has 2 heterocycles. The zero-order valence-electron chi connectivity index (χ0n) is 14.9. The Hall–Kier alpha value is -3.35. The summed E-state index contributed by atoms with van der Waals surface area (Å²) in [6, 6.07) is 9.53. The molecule has 0 fully saturated rings. The van der Waals surface area contributed by atoms with Gasteiger partial charge in [-0.3, -0.25) is 9.59 Å². The number of amides is 2. The fraction of sp³-hybridized carbons (Fsp3) is 0.200. The second-order valence-corrected chi connectivity index (χ2v) is 6.60. The maximum atomic E-state index is 13.6. The Balaban J connectivity index is 1.54. The van der Waals surface area contributed by atoms with E-state index in [1.165, 1.54) is 12.1 Å². The van der Waals surface area contributed by atoms with Gasteiger partial charge in [0.25, 0.3) is 5.91 Å². The molecule has 138 valence electrons. The van der Waals surface area contributed by atoms with Crippen molar-refractivity contribution in [1.82, 2.24) is 4.98 Å². The summed E-state index contributed by atoms with van der Waals surface area (Å²) in [4.78, 5) is 27.4. The number of carbonyl (C=O) groups excluding carboxylic acids is 2. The molecule has 0 bridgehead atoms. The summed E-state index contributed by atoms with van der Waals surface area (Å²) < 4.78 is 19.1. The summed E-state index contributed by atoms with van der Waals surface area (Å²) in [5.74, 6) is -0.257. The minimum absolute atomic E-state index is 0.103. The molecular weight excluding hydrogens is 349 g/mol. The van der Waals surface area contributed by atoms with Crippen LogP contribution in [0.1, 0.15) is 18.2 Å². The topological polar surface area (TPSA) is 83.2 Å². The predicted octanol–water partition coefficient (Wildman–Crippen LogP) is 3.52. The molecule has 1 unspecified atom stereocenters. The first-order valence-corrected chi connectivity index (χ1v) is 8.59. The Morgan fingerprint density at radius 3 is 2.89 bits per heavy atom. The highest BCUT2D eigenvalue weighted by Crippen LogP contribution is 2.32. The van der Waals surface area contributed by atoms with Crippen LogP contribution in [0.3, 0.4) is 0 Å². The number of aromatic amines is 1. The van der Waals surface area contributed by atoms with Gasteiger partial charge >= 0.3 is 0 Å². The lowest BCUT2D eigenvalue weighted by atomic mass is 10.1. The number of H-pyrrole nitrogens is 1. The van der Waals surface area contributed by atoms with E-state index >= 15 is 0 Å². The van der Waals surface area contributed by atoms with E-state index in [1.54, 1.807) is 31.2 Å². The third-order valence-corrected chi connectivity index (χ3v) is 4.61. The normalized spacial score (nSPS) is 15.8. The Kier molecular flexibility index (Phi) is 4.07. The Morgan fingerprint density at radius 2 is 2.07 bits per heavy atom. The zero-order valence-corrected chi connectivity index (χ0v) is 14.9. The molecule has 6 nitrogen and oxygen atoms in total. The molecule has 7 heteroatoms. The standard InChI is InChI=1S/C20H18FN3O3/c1-10-14(15-7-12(21)3-5-16(15)22-10)9-19(25)23-13-4-6-18-17(8-13)24-20(26)11(2)27-18/h3-8,11,22H,9H2,1-2H3,(H,23,25)(H,24,26). The largest absolute Gasteiger partial charge is 0.479 e. The molecule has 2 aromatic carbocycles. The van der Waals surface area contributed by atoms with E-state index in [-0.39, 0.29) is 24.1 Å². The number of aryl methyl sites for hydroxylation is 1. The number of ether oxygens (including phenoxy) is 1. The van der Waals surface area contributed by atoms with Crippen LogP contribution in [0.5, 0.6) is 5.75 Å². The van der Waals surface area contributed by atoms with Crippen molar-refractivity contribution >= 4 is 34.1 Å². The number of nitrogens with one attached hydrogen (secondary N) is 3. The van der Waals surface area contributed by atoms with Crippen molar-refractivity contribution in [3.63, 3.8) is 0 Å². The smallest absolute Gasteiger partial charge is 0.265 e. The van der Waals surface area contributed by atoms with Gasteiger partial charge in [-0.05, 0) is 55.8 Å². The lowest BCUT2D eigenvalue weighted by Crippen LogP contribution is -2.34. The summed E-state index contributed by atoms with van der Waals surface area (Å²) in [5, 5.41) is 6.25. The number of fused-ring (bicyclic) bond motifs is 2. The van der Waals surface area contributed by atoms with Gasteiger partial charge in [-0.15, -0.1) is 0 Å². The van der Waals surface area contributed by atoms with Crippen molar-refractivity contribution < 1.29 is 18.7 Å². The van der Waals surface area contributed by atoms with Gasteiger partial charge in [-0.25, -0.2) is 4.39 Å². The third-order valence-electron chi connectivity index (χ3n) is 4.61. The number of carbonyl (C=O) groups is 2. The zero-order chi connectivity index (χ0) is 19.1. The van der Waals surface area contributed by atoms with Crippen LogP contribution in [0.4, 0.5) is 15.8 Å². The van der Waals surface area contributed by atoms with Crippen LogP contribution >= 0.6 is 0 Å². The van der Waals surface area contributed by atoms with E-state index in [4.69, 9.17) is 4.74 Å². The molecular formula is C20H18FN3O3. The maximum absolute atomic E-state index is 13.6. The quantitative estimate of drug-likeness (QED) is 0.662. The van der Waals surface area contributed by atoms with Crippen LogP contribution in [-0.4, -0.2) is 22.9 Å². The predicted molar refractivity (Wildman–Crippen MR) is 100 cm³/mol. The molecule has 3 N–H and O–H groups in total. The number of benzene rings is 2. The summed E-state index contributed by atoms with van der Waals surface area (Å²) in [6.07, 6.45) is -0.449. The van der Waals surface area contributed by atoms with Crippen LogP contribution in [0, 0.1) is 12.7 Å². The van der Waals surface area contributed by atoms with E-state index in [2.05, 4.69) is 15.6 Å². The molecule has 1 aliphatic heterocycles. The summed E-state index contributed by atoms with van der Waals surface area (Å²) in [6.45, 7) is 3.52. The molecule has 0 saturated carbocycles. The Morgan fingerprint density at radius 1 is 1.26 bits per heavy atom. The number of halogens is 1. The van der Waals surface area contributed by atoms with Crippen molar-refractivity contribution in [2.75, 3.05) is 10.6 Å². The fourth-order valence-electron chi connectivity index (χ4n) is 3.23. The van der Waals surface area contributed by atoms with Crippen molar-refractivity contribution in [2.24, 2.45) is 0 Å². The molecule has 27 heavy (non-hydrogen) atoms. The number of aromatic nitrogens is 1. The maximum Gasteiger partial charge on any atom is 0.265 e. The van der Waals surface area contributed by atoms with E-state index in [1.807, 2.05) is 6.92 Å². The van der Waals surface area contributed by atoms with Crippen molar-refractivity contribution in [2.45, 2.75) is 26.4 Å². The highest BCUT2D eigenvalue weighted by molar-refractivity contribution is 6.00. The van der Waals surface area contributed by atoms with E-state index in [0.29, 0.717) is 22.5 Å². The summed E-state index contributed by atoms with van der Waals surface area (Å²) in [7, 11) is 0. The molecule has 3 aromatic rings. The summed E-state index contributed by atoms with van der Waals surface area (Å²) >= 11 is 0. The number of anilines is 2. The molecule has 4 rings (SSSR count). The summed E-state index contributed by atoms with van der Waals surface area (Å²) in [5.41, 5.74) is 3.43. The van der Waals surface area contributed by atoms with Crippen molar-refractivity contribution in [3.05, 3.63) is 53.5 Å². The molecule has 1 aliphatic rings. The number of rotatable bonds is 3. The van der Waals surface area contributed by atoms with Crippen LogP contribution < -0.4 is 15.4 Å². The monoisotopic (exact) mass is 367 g/mol. The first-order valence-electron chi connectivity index (χ1n) is 8.59. The highest BCUT2D eigenvalue weighted by Gasteiger charge is 2.23. The second-order valence-electron chi connectivity index (χ2n) is 6.60. The second kappa shape index (κ2) is 6.42. The van der Waals surface area contributed by atoms with Gasteiger partial charge in [0, 0.05) is 22.3 Å². The SMILES string of the molecule is Cc1[nH]c2ccc(F)cc2c1CC(=O)Nc1ccc2c(c1)NC(=O)C(C)O2. The number of hydrogen-bond donors (Lipinski definition) is 3. The Labute approximate surface area is 154 Å². The molecule has 1 atom stereocenters. The van der Waals surface area contributed by atoms with Crippen molar-refractivity contribution in [1.29, 1.82) is 0 Å². The Bertz CT molecular complexity index is 1070. The van der Waals surface area contributed by atoms with Gasteiger partial charge in [0.05, 0.1) is 12.1 Å². The van der Waals surface area contributed by atoms with Gasteiger partial charge in [0.1, 0.15) is 11.6 Å². The van der Waals surface area contributed by atoms with Crippen LogP contribution in [0.15, 0.2) is 36.4 Å². The van der Waals surface area contributed by atoms with E-state index in [9.17, 15) is 14.0 Å². The average Bonchev–Trinajstić information content (AvgIpc) is 2.91. The van der Waals surface area contributed by atoms with Gasteiger partial charge in [-0.2, -0.15) is 0 Å². The first-order chi connectivity index (χ1) is 12.9. The molecule has 0 radical (unpaired) electrons. The molecule has 2 amide bonds. The molecule has 1 aromatic heterocycles. The van der Waals surface area contributed by atoms with Crippen molar-refractivity contribution in [3.8, 4) is 5.75 Å². The van der Waals surface area contributed by atoms with E-state index < -0.39 is 6.10 Å². The van der Waals surface area contributed by atoms with Gasteiger partial charge in [0.15, 0.2) is 6.10 Å². The third kappa shape index (κ3) is 3.23. The minimum atomic E-state index is -0.553. The van der Waals surface area contributed by atoms with Crippen LogP contribution in [0.25, 0.3) is 10.9 Å². The lowest BCUT2D eigenvalue weighted by molar-refractivity contribution is -0.122. The van der Waals surface area contributed by atoms with E-state index in [0.717, 1.165) is 16.8 Å². The fourth-order valence-corrected chi connectivity index (χ4v) is 3.23. The molecule has 0 saturated heterocycles. The van der Waals surface area contributed by atoms with Gasteiger partial charge in [-0.1, -0.05) is 0 Å².